The van der Waals surface area contributed by atoms with E-state index in [0.29, 0.717) is 3.92 Å². The fourth-order valence-electron chi connectivity index (χ4n) is 1.71. The van der Waals surface area contributed by atoms with Crippen LogP contribution in [0.15, 0.2) is 47.6 Å². The van der Waals surface area contributed by atoms with Gasteiger partial charge in [0.25, 0.3) is 0 Å². The standard InChI is InChI=1S/C12H13I/c13-12-9-5-4-8-11(12)10-6-2-1-3-7-10/h2,4-8,12H,1,3,9H2. The van der Waals surface area contributed by atoms with Gasteiger partial charge in [-0.3, -0.25) is 0 Å². The van der Waals surface area contributed by atoms with E-state index >= 15 is 0 Å². The summed E-state index contributed by atoms with van der Waals surface area (Å²) in [5.41, 5.74) is 2.94. The molecule has 0 radical (unpaired) electrons. The summed E-state index contributed by atoms with van der Waals surface area (Å²) in [4.78, 5) is 0. The van der Waals surface area contributed by atoms with Gasteiger partial charge in [0.05, 0.1) is 0 Å². The van der Waals surface area contributed by atoms with Crippen molar-refractivity contribution in [3.05, 3.63) is 47.6 Å². The highest BCUT2D eigenvalue weighted by molar-refractivity contribution is 14.1. The fraction of sp³-hybridized carbons (Fsp3) is 0.333. The first-order chi connectivity index (χ1) is 6.38. The SMILES string of the molecule is IC1CC=CC=C1C1=CCCC=C1. The highest BCUT2D eigenvalue weighted by Crippen LogP contribution is 2.29. The van der Waals surface area contributed by atoms with Crippen LogP contribution in [0.3, 0.4) is 0 Å². The highest BCUT2D eigenvalue weighted by atomic mass is 127. The molecule has 0 saturated carbocycles. The first-order valence-electron chi connectivity index (χ1n) is 4.76. The van der Waals surface area contributed by atoms with Gasteiger partial charge in [0.15, 0.2) is 0 Å². The Morgan fingerprint density at radius 3 is 2.85 bits per heavy atom. The Kier molecular flexibility index (Phi) is 3.04. The van der Waals surface area contributed by atoms with E-state index in [1.165, 1.54) is 30.4 Å². The smallest absolute Gasteiger partial charge is 0.0399 e. The maximum absolute atomic E-state index is 2.53. The van der Waals surface area contributed by atoms with Gasteiger partial charge in [-0.25, -0.2) is 0 Å². The number of hydrogen-bond acceptors (Lipinski definition) is 0. The summed E-state index contributed by atoms with van der Waals surface area (Å²) in [6, 6.07) is 0. The fourth-order valence-corrected chi connectivity index (χ4v) is 2.57. The lowest BCUT2D eigenvalue weighted by Gasteiger charge is -2.18. The summed E-state index contributed by atoms with van der Waals surface area (Å²) < 4.78 is 0.664. The lowest BCUT2D eigenvalue weighted by atomic mass is 9.93. The van der Waals surface area contributed by atoms with Crippen molar-refractivity contribution in [1.82, 2.24) is 0 Å². The quantitative estimate of drug-likeness (QED) is 0.505. The molecule has 2 aliphatic rings. The molecule has 0 nitrogen and oxygen atoms in total. The molecule has 1 unspecified atom stereocenters. The summed E-state index contributed by atoms with van der Waals surface area (Å²) in [5, 5.41) is 0. The second-order valence-electron chi connectivity index (χ2n) is 3.39. The van der Waals surface area contributed by atoms with Gasteiger partial charge >= 0.3 is 0 Å². The summed E-state index contributed by atoms with van der Waals surface area (Å²) >= 11 is 2.53. The monoisotopic (exact) mass is 284 g/mol. The third-order valence-electron chi connectivity index (χ3n) is 2.42. The van der Waals surface area contributed by atoms with E-state index in [4.69, 9.17) is 0 Å². The molecule has 2 rings (SSSR count). The molecule has 0 spiro atoms. The van der Waals surface area contributed by atoms with Crippen molar-refractivity contribution in [2.75, 3.05) is 0 Å². The van der Waals surface area contributed by atoms with Crippen molar-refractivity contribution in [3.8, 4) is 0 Å². The van der Waals surface area contributed by atoms with Gasteiger partial charge in [0, 0.05) is 3.92 Å². The third kappa shape index (κ3) is 2.13. The van der Waals surface area contributed by atoms with E-state index in [-0.39, 0.29) is 0 Å². The molecular weight excluding hydrogens is 271 g/mol. The Morgan fingerprint density at radius 2 is 2.15 bits per heavy atom. The van der Waals surface area contributed by atoms with Gasteiger partial charge in [-0.05, 0) is 30.4 Å². The topological polar surface area (TPSA) is 0 Å². The summed E-state index contributed by atoms with van der Waals surface area (Å²) in [5.74, 6) is 0. The van der Waals surface area contributed by atoms with Crippen LogP contribution in [0.2, 0.25) is 0 Å². The predicted molar refractivity (Wildman–Crippen MR) is 66.1 cm³/mol. The zero-order chi connectivity index (χ0) is 9.10. The van der Waals surface area contributed by atoms with Crippen LogP contribution < -0.4 is 0 Å². The zero-order valence-corrected chi connectivity index (χ0v) is 9.70. The molecule has 13 heavy (non-hydrogen) atoms. The van der Waals surface area contributed by atoms with E-state index in [0.717, 1.165) is 0 Å². The highest BCUT2D eigenvalue weighted by Gasteiger charge is 2.14. The van der Waals surface area contributed by atoms with Gasteiger partial charge in [-0.15, -0.1) is 0 Å². The Bertz CT molecular complexity index is 305. The largest absolute Gasteiger partial charge is 0.0836 e. The summed E-state index contributed by atoms with van der Waals surface area (Å²) in [7, 11) is 0. The van der Waals surface area contributed by atoms with Crippen LogP contribution in [0.1, 0.15) is 19.3 Å². The van der Waals surface area contributed by atoms with Gasteiger partial charge in [0.1, 0.15) is 0 Å². The van der Waals surface area contributed by atoms with Gasteiger partial charge in [0.2, 0.25) is 0 Å². The number of rotatable bonds is 1. The molecule has 68 valence electrons. The minimum atomic E-state index is 0.664. The Labute approximate surface area is 93.2 Å². The number of allylic oxidation sites excluding steroid dienone is 8. The van der Waals surface area contributed by atoms with Crippen molar-refractivity contribution in [2.24, 2.45) is 0 Å². The van der Waals surface area contributed by atoms with Crippen LogP contribution >= 0.6 is 22.6 Å². The lowest BCUT2D eigenvalue weighted by Crippen LogP contribution is -2.06. The first-order valence-corrected chi connectivity index (χ1v) is 6.00. The second-order valence-corrected chi connectivity index (χ2v) is 4.90. The van der Waals surface area contributed by atoms with Gasteiger partial charge < -0.3 is 0 Å². The van der Waals surface area contributed by atoms with E-state index in [9.17, 15) is 0 Å². The molecule has 1 heteroatoms. The van der Waals surface area contributed by atoms with Crippen molar-refractivity contribution < 1.29 is 0 Å². The van der Waals surface area contributed by atoms with E-state index in [2.05, 4.69) is 59.0 Å². The Morgan fingerprint density at radius 1 is 1.23 bits per heavy atom. The third-order valence-corrected chi connectivity index (χ3v) is 3.60. The minimum Gasteiger partial charge on any atom is -0.0836 e. The average Bonchev–Trinajstić information content (AvgIpc) is 2.20. The molecule has 0 aromatic heterocycles. The Balaban J connectivity index is 2.23. The molecule has 0 saturated heterocycles. The Hall–Kier alpha value is -0.310. The van der Waals surface area contributed by atoms with Crippen LogP contribution in [0.4, 0.5) is 0 Å². The molecule has 0 aromatic carbocycles. The van der Waals surface area contributed by atoms with Crippen molar-refractivity contribution in [3.63, 3.8) is 0 Å². The van der Waals surface area contributed by atoms with Crippen LogP contribution in [0, 0.1) is 0 Å². The molecule has 0 aromatic rings. The summed E-state index contributed by atoms with van der Waals surface area (Å²) in [6.45, 7) is 0. The maximum atomic E-state index is 2.53. The molecule has 0 N–H and O–H groups in total. The first kappa shape index (κ1) is 9.25. The average molecular weight is 284 g/mol. The molecule has 2 aliphatic carbocycles. The van der Waals surface area contributed by atoms with E-state index < -0.39 is 0 Å². The normalized spacial score (nSPS) is 27.0. The van der Waals surface area contributed by atoms with Crippen LogP contribution in [0.5, 0.6) is 0 Å². The lowest BCUT2D eigenvalue weighted by molar-refractivity contribution is 0.984. The number of halogens is 1. The minimum absolute atomic E-state index is 0.664. The van der Waals surface area contributed by atoms with Crippen molar-refractivity contribution in [2.45, 2.75) is 23.2 Å². The number of hydrogen-bond donors (Lipinski definition) is 0. The van der Waals surface area contributed by atoms with E-state index in [1.54, 1.807) is 0 Å². The van der Waals surface area contributed by atoms with Gasteiger partial charge in [-0.2, -0.15) is 0 Å². The van der Waals surface area contributed by atoms with E-state index in [1.807, 2.05) is 0 Å². The maximum Gasteiger partial charge on any atom is 0.0399 e. The van der Waals surface area contributed by atoms with Crippen LogP contribution in [-0.4, -0.2) is 3.92 Å². The summed E-state index contributed by atoms with van der Waals surface area (Å²) in [6.07, 6.45) is 17.2. The molecule has 0 fully saturated rings. The van der Waals surface area contributed by atoms with Crippen LogP contribution in [-0.2, 0) is 0 Å². The van der Waals surface area contributed by atoms with Crippen molar-refractivity contribution >= 4 is 22.6 Å². The molecule has 0 amide bonds. The molecule has 0 bridgehead atoms. The zero-order valence-electron chi connectivity index (χ0n) is 7.54. The van der Waals surface area contributed by atoms with Crippen molar-refractivity contribution in [1.29, 1.82) is 0 Å². The second kappa shape index (κ2) is 4.27. The van der Waals surface area contributed by atoms with Crippen LogP contribution in [0.25, 0.3) is 0 Å². The number of alkyl halides is 1. The molecule has 0 heterocycles. The molecular formula is C12H13I. The molecule has 0 aliphatic heterocycles. The molecule has 1 atom stereocenters. The predicted octanol–water partition coefficient (Wildman–Crippen LogP) is 3.95. The van der Waals surface area contributed by atoms with Gasteiger partial charge in [-0.1, -0.05) is 59.0 Å².